The molecule has 1 N–H and O–H groups in total. The lowest BCUT2D eigenvalue weighted by Crippen LogP contribution is -2.69. The maximum absolute atomic E-state index is 13.3. The standard InChI is InChI=1S/C19H23ClFNO4/c20-16-8-14(21)2-1-12(16)7-18(23)22-9-13-10-26-6-4-19(13,24)15-11-25-5-3-17(15)22/h1-2,8,13,15,17,24H,3-7,9-11H2/t13-,15+,17-,19-/m0/s1. The van der Waals surface area contributed by atoms with Crippen LogP contribution in [-0.2, 0) is 20.7 Å². The van der Waals surface area contributed by atoms with E-state index in [1.54, 1.807) is 6.07 Å². The molecule has 26 heavy (non-hydrogen) atoms. The lowest BCUT2D eigenvalue weighted by molar-refractivity contribution is -0.219. The highest BCUT2D eigenvalue weighted by Crippen LogP contribution is 2.44. The Morgan fingerprint density at radius 1 is 1.35 bits per heavy atom. The van der Waals surface area contributed by atoms with Gasteiger partial charge >= 0.3 is 0 Å². The molecule has 3 aliphatic rings. The number of aliphatic hydroxyl groups is 1. The van der Waals surface area contributed by atoms with Crippen molar-refractivity contribution in [3.63, 3.8) is 0 Å². The van der Waals surface area contributed by atoms with E-state index in [0.717, 1.165) is 0 Å². The van der Waals surface area contributed by atoms with Gasteiger partial charge in [0.05, 0.1) is 25.2 Å². The van der Waals surface area contributed by atoms with Gasteiger partial charge in [-0.3, -0.25) is 4.79 Å². The van der Waals surface area contributed by atoms with Crippen molar-refractivity contribution in [1.82, 2.24) is 4.90 Å². The summed E-state index contributed by atoms with van der Waals surface area (Å²) < 4.78 is 24.4. The normalized spacial score (nSPS) is 34.1. The highest BCUT2D eigenvalue weighted by Gasteiger charge is 2.56. The number of ether oxygens (including phenoxy) is 2. The predicted molar refractivity (Wildman–Crippen MR) is 93.4 cm³/mol. The quantitative estimate of drug-likeness (QED) is 0.849. The SMILES string of the molecule is O=C(Cc1ccc(F)cc1Cl)N1C[C@H]2COCC[C@@]2(O)[C@@H]2COCC[C@@H]21. The first kappa shape index (κ1) is 18.2. The number of carbonyl (C=O) groups is 1. The Labute approximate surface area is 157 Å². The van der Waals surface area contributed by atoms with E-state index in [0.29, 0.717) is 51.4 Å². The monoisotopic (exact) mass is 383 g/mol. The fourth-order valence-electron chi connectivity index (χ4n) is 4.67. The molecule has 142 valence electrons. The predicted octanol–water partition coefficient (Wildman–Crippen LogP) is 2.04. The minimum atomic E-state index is -0.840. The number of halogens is 2. The number of fused-ring (bicyclic) bond motifs is 3. The summed E-state index contributed by atoms with van der Waals surface area (Å²) in [5.74, 6) is -0.695. The molecule has 0 spiro atoms. The first-order chi connectivity index (χ1) is 12.5. The molecule has 3 aliphatic heterocycles. The van der Waals surface area contributed by atoms with Gasteiger partial charge in [0.25, 0.3) is 0 Å². The van der Waals surface area contributed by atoms with Crippen molar-refractivity contribution < 1.29 is 23.8 Å². The van der Waals surface area contributed by atoms with Gasteiger partial charge in [-0.2, -0.15) is 0 Å². The molecule has 0 aromatic heterocycles. The van der Waals surface area contributed by atoms with E-state index in [1.807, 2.05) is 4.90 Å². The zero-order chi connectivity index (χ0) is 18.3. The number of amides is 1. The number of benzene rings is 1. The van der Waals surface area contributed by atoms with Crippen molar-refractivity contribution in [3.8, 4) is 0 Å². The van der Waals surface area contributed by atoms with Crippen LogP contribution in [0, 0.1) is 17.7 Å². The number of piperidine rings is 1. The molecule has 0 radical (unpaired) electrons. The van der Waals surface area contributed by atoms with E-state index in [2.05, 4.69) is 0 Å². The average molecular weight is 384 g/mol. The second-order valence-corrected chi connectivity index (χ2v) is 7.92. The van der Waals surface area contributed by atoms with Crippen LogP contribution in [0.25, 0.3) is 0 Å². The van der Waals surface area contributed by atoms with Crippen LogP contribution in [0.3, 0.4) is 0 Å². The Balaban J connectivity index is 1.57. The lowest BCUT2D eigenvalue weighted by Gasteiger charge is -2.57. The molecule has 3 saturated heterocycles. The minimum Gasteiger partial charge on any atom is -0.389 e. The summed E-state index contributed by atoms with van der Waals surface area (Å²) in [5.41, 5.74) is -0.226. The second-order valence-electron chi connectivity index (χ2n) is 7.51. The summed E-state index contributed by atoms with van der Waals surface area (Å²) in [4.78, 5) is 14.9. The molecule has 7 heteroatoms. The third-order valence-corrected chi connectivity index (χ3v) is 6.48. The van der Waals surface area contributed by atoms with Crippen molar-refractivity contribution in [1.29, 1.82) is 0 Å². The second kappa shape index (κ2) is 7.08. The van der Waals surface area contributed by atoms with E-state index in [1.165, 1.54) is 12.1 Å². The largest absolute Gasteiger partial charge is 0.389 e. The first-order valence-corrected chi connectivity index (χ1v) is 9.48. The molecular weight excluding hydrogens is 361 g/mol. The van der Waals surface area contributed by atoms with Crippen molar-refractivity contribution in [2.75, 3.05) is 33.0 Å². The number of nitrogens with zero attached hydrogens (tertiary/aromatic N) is 1. The molecule has 3 heterocycles. The van der Waals surface area contributed by atoms with Gasteiger partial charge in [-0.1, -0.05) is 17.7 Å². The van der Waals surface area contributed by atoms with E-state index < -0.39 is 11.4 Å². The Morgan fingerprint density at radius 2 is 2.15 bits per heavy atom. The smallest absolute Gasteiger partial charge is 0.227 e. The zero-order valence-electron chi connectivity index (χ0n) is 14.5. The van der Waals surface area contributed by atoms with Gasteiger partial charge in [-0.15, -0.1) is 0 Å². The summed E-state index contributed by atoms with van der Waals surface area (Å²) >= 11 is 6.09. The fourth-order valence-corrected chi connectivity index (χ4v) is 4.91. The van der Waals surface area contributed by atoms with E-state index in [4.69, 9.17) is 21.1 Å². The van der Waals surface area contributed by atoms with E-state index >= 15 is 0 Å². The van der Waals surface area contributed by atoms with Crippen molar-refractivity contribution in [2.45, 2.75) is 30.9 Å². The van der Waals surface area contributed by atoms with Crippen LogP contribution in [0.1, 0.15) is 18.4 Å². The third-order valence-electron chi connectivity index (χ3n) is 6.13. The number of hydrogen-bond donors (Lipinski definition) is 1. The maximum Gasteiger partial charge on any atom is 0.227 e. The Kier molecular flexibility index (Phi) is 4.94. The molecule has 1 aromatic carbocycles. The van der Waals surface area contributed by atoms with Crippen LogP contribution in [0.2, 0.25) is 5.02 Å². The van der Waals surface area contributed by atoms with Gasteiger partial charge in [-0.05, 0) is 24.1 Å². The fraction of sp³-hybridized carbons (Fsp3) is 0.632. The number of likely N-dealkylation sites (tertiary alicyclic amines) is 1. The zero-order valence-corrected chi connectivity index (χ0v) is 15.3. The van der Waals surface area contributed by atoms with Crippen LogP contribution in [-0.4, -0.2) is 60.5 Å². The van der Waals surface area contributed by atoms with Gasteiger partial charge < -0.3 is 19.5 Å². The first-order valence-electron chi connectivity index (χ1n) is 9.10. The average Bonchev–Trinajstić information content (AvgIpc) is 2.63. The topological polar surface area (TPSA) is 59.0 Å². The summed E-state index contributed by atoms with van der Waals surface area (Å²) in [5, 5.41) is 11.5. The van der Waals surface area contributed by atoms with Crippen molar-refractivity contribution in [3.05, 3.63) is 34.6 Å². The van der Waals surface area contributed by atoms with E-state index in [-0.39, 0.29) is 35.2 Å². The number of hydrogen-bond acceptors (Lipinski definition) is 4. The van der Waals surface area contributed by atoms with E-state index in [9.17, 15) is 14.3 Å². The molecule has 0 saturated carbocycles. The lowest BCUT2D eigenvalue weighted by atomic mass is 9.66. The molecule has 0 aliphatic carbocycles. The van der Waals surface area contributed by atoms with Crippen LogP contribution < -0.4 is 0 Å². The Morgan fingerprint density at radius 3 is 2.96 bits per heavy atom. The third kappa shape index (κ3) is 3.13. The number of carbonyl (C=O) groups excluding carboxylic acids is 1. The molecular formula is C19H23ClFNO4. The van der Waals surface area contributed by atoms with Crippen molar-refractivity contribution >= 4 is 17.5 Å². The summed E-state index contributed by atoms with van der Waals surface area (Å²) in [6.45, 7) is 2.49. The molecule has 1 amide bonds. The van der Waals surface area contributed by atoms with Gasteiger partial charge in [-0.25, -0.2) is 4.39 Å². The van der Waals surface area contributed by atoms with Crippen LogP contribution in [0.5, 0.6) is 0 Å². The minimum absolute atomic E-state index is 0.0465. The van der Waals surface area contributed by atoms with Crippen LogP contribution in [0.4, 0.5) is 4.39 Å². The highest BCUT2D eigenvalue weighted by molar-refractivity contribution is 6.31. The van der Waals surface area contributed by atoms with Crippen molar-refractivity contribution in [2.24, 2.45) is 11.8 Å². The molecule has 0 unspecified atom stereocenters. The van der Waals surface area contributed by atoms with Crippen LogP contribution >= 0.6 is 11.6 Å². The maximum atomic E-state index is 13.3. The van der Waals surface area contributed by atoms with Gasteiger partial charge in [0.15, 0.2) is 0 Å². The molecule has 5 nitrogen and oxygen atoms in total. The van der Waals surface area contributed by atoms with Crippen LogP contribution in [0.15, 0.2) is 18.2 Å². The highest BCUT2D eigenvalue weighted by atomic mass is 35.5. The summed E-state index contributed by atoms with van der Waals surface area (Å²) in [6, 6.07) is 4.05. The summed E-state index contributed by atoms with van der Waals surface area (Å²) in [7, 11) is 0. The molecule has 4 atom stereocenters. The molecule has 0 bridgehead atoms. The van der Waals surface area contributed by atoms with Gasteiger partial charge in [0.1, 0.15) is 5.82 Å². The van der Waals surface area contributed by atoms with Gasteiger partial charge in [0.2, 0.25) is 5.91 Å². The molecule has 3 fully saturated rings. The molecule has 4 rings (SSSR count). The van der Waals surface area contributed by atoms with Gasteiger partial charge in [0, 0.05) is 49.1 Å². The Hall–Kier alpha value is -1.21. The summed E-state index contributed by atoms with van der Waals surface area (Å²) in [6.07, 6.45) is 1.41. The number of rotatable bonds is 2. The molecule has 1 aromatic rings. The Bertz CT molecular complexity index is 702.